The van der Waals surface area contributed by atoms with Crippen molar-refractivity contribution in [3.05, 3.63) is 42.3 Å². The molecule has 0 bridgehead atoms. The van der Waals surface area contributed by atoms with E-state index in [0.717, 1.165) is 0 Å². The number of carbonyl (C=O) groups excluding carboxylic acids is 2. The molecule has 0 fully saturated rings. The molecule has 1 radical (unpaired) electrons. The molecule has 3 heteroatoms. The van der Waals surface area contributed by atoms with E-state index in [1.54, 1.807) is 24.3 Å². The predicted octanol–water partition coefficient (Wildman–Crippen LogP) is 1.51. The van der Waals surface area contributed by atoms with E-state index in [1.165, 1.54) is 4.90 Å². The fourth-order valence-electron chi connectivity index (χ4n) is 1.60. The third-order valence-electron chi connectivity index (χ3n) is 2.26. The number of imide groups is 1. The first-order chi connectivity index (χ1) is 6.75. The Kier molecular flexibility index (Phi) is 2.08. The molecule has 0 spiro atoms. The number of carbonyl (C=O) groups is 2. The number of nitrogens with zero attached hydrogens (tertiary/aromatic N) is 1. The average Bonchev–Trinajstić information content (AvgIpc) is 2.45. The first-order valence-corrected chi connectivity index (χ1v) is 4.50. The summed E-state index contributed by atoms with van der Waals surface area (Å²) in [6.45, 7) is 4.03. The van der Waals surface area contributed by atoms with Crippen LogP contribution in [-0.2, 0) is 0 Å². The second-order valence-corrected chi connectivity index (χ2v) is 3.16. The van der Waals surface area contributed by atoms with E-state index in [1.807, 2.05) is 0 Å². The summed E-state index contributed by atoms with van der Waals surface area (Å²) in [6, 6.07) is 6.88. The zero-order chi connectivity index (χ0) is 10.1. The summed E-state index contributed by atoms with van der Waals surface area (Å²) in [5.74, 6) is -0.400. The largest absolute Gasteiger partial charge is 0.274 e. The molecule has 2 rings (SSSR count). The Bertz CT molecular complexity index is 363. The third kappa shape index (κ3) is 1.13. The van der Waals surface area contributed by atoms with Crippen LogP contribution in [0.25, 0.3) is 0 Å². The van der Waals surface area contributed by atoms with Crippen LogP contribution < -0.4 is 0 Å². The van der Waals surface area contributed by atoms with E-state index in [0.29, 0.717) is 24.1 Å². The van der Waals surface area contributed by atoms with Crippen LogP contribution in [0.1, 0.15) is 27.1 Å². The van der Waals surface area contributed by atoms with Crippen LogP contribution in [0.15, 0.2) is 24.3 Å². The van der Waals surface area contributed by atoms with Crippen LogP contribution in [0.5, 0.6) is 0 Å². The van der Waals surface area contributed by atoms with Crippen LogP contribution in [0, 0.1) is 6.92 Å². The molecule has 2 amide bonds. The summed E-state index contributed by atoms with van der Waals surface area (Å²) in [4.78, 5) is 24.6. The molecular formula is C11H10NO2. The first kappa shape index (κ1) is 8.94. The maximum atomic E-state index is 11.7. The Morgan fingerprint density at radius 3 is 2.00 bits per heavy atom. The van der Waals surface area contributed by atoms with Crippen LogP contribution in [0.3, 0.4) is 0 Å². The topological polar surface area (TPSA) is 37.4 Å². The average molecular weight is 188 g/mol. The first-order valence-electron chi connectivity index (χ1n) is 4.50. The van der Waals surface area contributed by atoms with Gasteiger partial charge < -0.3 is 0 Å². The van der Waals surface area contributed by atoms with Crippen LogP contribution in [0.4, 0.5) is 0 Å². The molecule has 1 aromatic rings. The molecule has 1 aliphatic heterocycles. The third-order valence-corrected chi connectivity index (χ3v) is 2.26. The molecular weight excluding hydrogens is 178 g/mol. The lowest BCUT2D eigenvalue weighted by Gasteiger charge is -2.11. The summed E-state index contributed by atoms with van der Waals surface area (Å²) >= 11 is 0. The van der Waals surface area contributed by atoms with Gasteiger partial charge in [0.2, 0.25) is 0 Å². The van der Waals surface area contributed by atoms with Crippen molar-refractivity contribution in [2.24, 2.45) is 0 Å². The zero-order valence-corrected chi connectivity index (χ0v) is 7.69. The van der Waals surface area contributed by atoms with Gasteiger partial charge in [0.05, 0.1) is 11.1 Å². The lowest BCUT2D eigenvalue weighted by atomic mass is 10.1. The van der Waals surface area contributed by atoms with Crippen molar-refractivity contribution < 1.29 is 9.59 Å². The van der Waals surface area contributed by atoms with Crippen molar-refractivity contribution in [3.8, 4) is 0 Å². The van der Waals surface area contributed by atoms with E-state index in [9.17, 15) is 9.59 Å². The second-order valence-electron chi connectivity index (χ2n) is 3.16. The van der Waals surface area contributed by atoms with Gasteiger partial charge in [-0.1, -0.05) is 19.1 Å². The summed E-state index contributed by atoms with van der Waals surface area (Å²) < 4.78 is 0. The molecule has 0 atom stereocenters. The Morgan fingerprint density at radius 1 is 1.07 bits per heavy atom. The zero-order valence-electron chi connectivity index (χ0n) is 7.69. The summed E-state index contributed by atoms with van der Waals surface area (Å²) in [5.41, 5.74) is 1.01. The minimum atomic E-state index is -0.200. The summed E-state index contributed by atoms with van der Waals surface area (Å²) in [6.07, 6.45) is 0.547. The molecule has 1 heterocycles. The van der Waals surface area contributed by atoms with Gasteiger partial charge in [-0.25, -0.2) is 0 Å². The SMILES string of the molecule is [CH2]CCN1C(=O)c2ccccc2C1=O. The molecule has 1 aromatic carbocycles. The molecule has 0 unspecified atom stereocenters. The Balaban J connectivity index is 2.43. The van der Waals surface area contributed by atoms with Gasteiger partial charge >= 0.3 is 0 Å². The van der Waals surface area contributed by atoms with E-state index in [2.05, 4.69) is 6.92 Å². The highest BCUT2D eigenvalue weighted by Gasteiger charge is 2.33. The standard InChI is InChI=1S/C11H10NO2/c1-2-7-12-10(13)8-5-3-4-6-9(8)11(12)14/h3-6H,1-2,7H2. The summed E-state index contributed by atoms with van der Waals surface area (Å²) in [5, 5.41) is 0. The van der Waals surface area contributed by atoms with Gasteiger partial charge in [-0.3, -0.25) is 14.5 Å². The number of benzene rings is 1. The highest BCUT2D eigenvalue weighted by Crippen LogP contribution is 2.22. The molecule has 0 N–H and O–H groups in total. The van der Waals surface area contributed by atoms with Crippen molar-refractivity contribution in [2.45, 2.75) is 6.42 Å². The highest BCUT2D eigenvalue weighted by atomic mass is 16.2. The number of hydrogen-bond donors (Lipinski definition) is 0. The maximum Gasteiger partial charge on any atom is 0.261 e. The van der Waals surface area contributed by atoms with Crippen molar-refractivity contribution in [1.29, 1.82) is 0 Å². The Morgan fingerprint density at radius 2 is 1.57 bits per heavy atom. The van der Waals surface area contributed by atoms with Crippen molar-refractivity contribution >= 4 is 11.8 Å². The van der Waals surface area contributed by atoms with Gasteiger partial charge in [0.1, 0.15) is 0 Å². The van der Waals surface area contributed by atoms with E-state index < -0.39 is 0 Å². The molecule has 0 saturated carbocycles. The fraction of sp³-hybridized carbons (Fsp3) is 0.182. The van der Waals surface area contributed by atoms with Crippen LogP contribution >= 0.6 is 0 Å². The molecule has 0 saturated heterocycles. The monoisotopic (exact) mass is 188 g/mol. The number of rotatable bonds is 2. The normalized spacial score (nSPS) is 14.8. The van der Waals surface area contributed by atoms with Gasteiger partial charge in [0, 0.05) is 6.54 Å². The Labute approximate surface area is 82.3 Å². The van der Waals surface area contributed by atoms with Crippen molar-refractivity contribution in [2.75, 3.05) is 6.54 Å². The number of fused-ring (bicyclic) bond motifs is 1. The fourth-order valence-corrected chi connectivity index (χ4v) is 1.60. The van der Waals surface area contributed by atoms with Gasteiger partial charge in [0.25, 0.3) is 11.8 Å². The van der Waals surface area contributed by atoms with E-state index in [4.69, 9.17) is 0 Å². The molecule has 0 aliphatic carbocycles. The van der Waals surface area contributed by atoms with Gasteiger partial charge in [-0.05, 0) is 18.6 Å². The predicted molar refractivity (Wildman–Crippen MR) is 51.8 cm³/mol. The quantitative estimate of drug-likeness (QED) is 0.659. The van der Waals surface area contributed by atoms with Gasteiger partial charge in [0.15, 0.2) is 0 Å². The molecule has 0 aromatic heterocycles. The van der Waals surface area contributed by atoms with Crippen molar-refractivity contribution in [3.63, 3.8) is 0 Å². The van der Waals surface area contributed by atoms with E-state index >= 15 is 0 Å². The maximum absolute atomic E-state index is 11.7. The molecule has 71 valence electrons. The lowest BCUT2D eigenvalue weighted by Crippen LogP contribution is -2.30. The molecule has 14 heavy (non-hydrogen) atoms. The van der Waals surface area contributed by atoms with E-state index in [-0.39, 0.29) is 11.8 Å². The van der Waals surface area contributed by atoms with Crippen molar-refractivity contribution in [1.82, 2.24) is 4.90 Å². The van der Waals surface area contributed by atoms with Crippen LogP contribution in [-0.4, -0.2) is 23.3 Å². The minimum Gasteiger partial charge on any atom is -0.274 e. The molecule has 3 nitrogen and oxygen atoms in total. The smallest absolute Gasteiger partial charge is 0.261 e. The minimum absolute atomic E-state index is 0.200. The van der Waals surface area contributed by atoms with Crippen LogP contribution in [0.2, 0.25) is 0 Å². The Hall–Kier alpha value is -1.64. The number of amides is 2. The highest BCUT2D eigenvalue weighted by molar-refractivity contribution is 6.21. The van der Waals surface area contributed by atoms with Gasteiger partial charge in [-0.15, -0.1) is 0 Å². The molecule has 1 aliphatic rings. The second kappa shape index (κ2) is 3.25. The summed E-state index contributed by atoms with van der Waals surface area (Å²) in [7, 11) is 0. The number of hydrogen-bond acceptors (Lipinski definition) is 2. The van der Waals surface area contributed by atoms with Gasteiger partial charge in [-0.2, -0.15) is 0 Å². The lowest BCUT2D eigenvalue weighted by molar-refractivity contribution is 0.0657.